The normalized spacial score (nSPS) is 10.6. The van der Waals surface area contributed by atoms with E-state index >= 15 is 0 Å². The lowest BCUT2D eigenvalue weighted by Crippen LogP contribution is -2.05. The molecule has 3 rings (SSSR count). The lowest BCUT2D eigenvalue weighted by molar-refractivity contribution is 0.649. The molecular formula is C13H11Cl2N7. The average molecular weight is 336 g/mol. The summed E-state index contributed by atoms with van der Waals surface area (Å²) in [5, 5.41) is 11.2. The van der Waals surface area contributed by atoms with Crippen molar-refractivity contribution in [1.29, 1.82) is 0 Å². The van der Waals surface area contributed by atoms with E-state index in [1.54, 1.807) is 4.68 Å². The molecule has 0 unspecified atom stereocenters. The van der Waals surface area contributed by atoms with Crippen LogP contribution in [0.3, 0.4) is 0 Å². The number of nitrogens with one attached hydrogen (secondary N) is 1. The Bertz CT molecular complexity index is 740. The van der Waals surface area contributed by atoms with E-state index in [0.29, 0.717) is 19.0 Å². The summed E-state index contributed by atoms with van der Waals surface area (Å²) < 4.78 is 1.76. The second kappa shape index (κ2) is 6.67. The molecule has 0 spiro atoms. The molecule has 0 amide bonds. The molecule has 1 N–H and O–H groups in total. The quantitative estimate of drug-likeness (QED) is 0.771. The van der Waals surface area contributed by atoms with E-state index in [-0.39, 0.29) is 10.6 Å². The van der Waals surface area contributed by atoms with Crippen LogP contribution in [0.15, 0.2) is 36.5 Å². The largest absolute Gasteiger partial charge is 0.348 e. The maximum atomic E-state index is 5.71. The fraction of sp³-hybridized carbons (Fsp3) is 0.154. The van der Waals surface area contributed by atoms with Gasteiger partial charge in [0.15, 0.2) is 0 Å². The Kier molecular flexibility index (Phi) is 4.45. The Morgan fingerprint density at radius 3 is 2.45 bits per heavy atom. The molecule has 22 heavy (non-hydrogen) atoms. The number of hydrogen-bond acceptors (Lipinski definition) is 6. The van der Waals surface area contributed by atoms with Gasteiger partial charge in [0.2, 0.25) is 16.5 Å². The van der Waals surface area contributed by atoms with Gasteiger partial charge in [0, 0.05) is 0 Å². The van der Waals surface area contributed by atoms with E-state index < -0.39 is 0 Å². The molecule has 0 saturated heterocycles. The third-order valence-corrected chi connectivity index (χ3v) is 3.12. The van der Waals surface area contributed by atoms with Gasteiger partial charge in [-0.25, -0.2) is 4.68 Å². The smallest absolute Gasteiger partial charge is 0.228 e. The summed E-state index contributed by atoms with van der Waals surface area (Å²) >= 11 is 11.4. The van der Waals surface area contributed by atoms with E-state index in [1.165, 1.54) is 0 Å². The van der Waals surface area contributed by atoms with Crippen molar-refractivity contribution >= 4 is 29.2 Å². The van der Waals surface area contributed by atoms with Crippen molar-refractivity contribution in [3.63, 3.8) is 0 Å². The Morgan fingerprint density at radius 2 is 1.73 bits per heavy atom. The Balaban J connectivity index is 1.62. The van der Waals surface area contributed by atoms with Crippen LogP contribution < -0.4 is 5.32 Å². The van der Waals surface area contributed by atoms with Crippen molar-refractivity contribution < 1.29 is 0 Å². The summed E-state index contributed by atoms with van der Waals surface area (Å²) in [6.45, 7) is 1.07. The van der Waals surface area contributed by atoms with Crippen LogP contribution in [0.5, 0.6) is 0 Å². The first-order valence-electron chi connectivity index (χ1n) is 6.43. The predicted octanol–water partition coefficient (Wildman–Crippen LogP) is 2.43. The zero-order valence-corrected chi connectivity index (χ0v) is 12.8. The van der Waals surface area contributed by atoms with Crippen molar-refractivity contribution in [2.24, 2.45) is 0 Å². The SMILES string of the molecule is Clc1nc(Cl)nc(NCc2cn(Cc3ccccc3)nn2)n1. The van der Waals surface area contributed by atoms with Crippen LogP contribution in [0, 0.1) is 0 Å². The number of nitrogens with zero attached hydrogens (tertiary/aromatic N) is 6. The molecule has 0 fully saturated rings. The second-order valence-corrected chi connectivity index (χ2v) is 5.12. The Morgan fingerprint density at radius 1 is 1.00 bits per heavy atom. The van der Waals surface area contributed by atoms with Crippen LogP contribution in [-0.2, 0) is 13.1 Å². The maximum absolute atomic E-state index is 5.71. The molecule has 2 aromatic heterocycles. The van der Waals surface area contributed by atoms with Crippen LogP contribution in [0.4, 0.5) is 5.95 Å². The number of hydrogen-bond donors (Lipinski definition) is 1. The molecule has 112 valence electrons. The maximum Gasteiger partial charge on any atom is 0.228 e. The number of anilines is 1. The van der Waals surface area contributed by atoms with E-state index in [4.69, 9.17) is 23.2 Å². The highest BCUT2D eigenvalue weighted by molar-refractivity contribution is 6.31. The van der Waals surface area contributed by atoms with E-state index in [1.807, 2.05) is 36.5 Å². The van der Waals surface area contributed by atoms with Gasteiger partial charge in [-0.3, -0.25) is 0 Å². The highest BCUT2D eigenvalue weighted by Crippen LogP contribution is 2.10. The Hall–Kier alpha value is -2.25. The summed E-state index contributed by atoms with van der Waals surface area (Å²) in [6, 6.07) is 10.0. The van der Waals surface area contributed by atoms with Gasteiger partial charge in [-0.05, 0) is 28.8 Å². The predicted molar refractivity (Wildman–Crippen MR) is 82.7 cm³/mol. The summed E-state index contributed by atoms with van der Waals surface area (Å²) in [4.78, 5) is 11.5. The van der Waals surface area contributed by atoms with Crippen molar-refractivity contribution in [2.45, 2.75) is 13.1 Å². The molecule has 7 nitrogen and oxygen atoms in total. The zero-order chi connectivity index (χ0) is 15.4. The zero-order valence-electron chi connectivity index (χ0n) is 11.3. The number of benzene rings is 1. The van der Waals surface area contributed by atoms with Crippen LogP contribution in [0.2, 0.25) is 10.6 Å². The molecule has 0 aliphatic carbocycles. The number of aromatic nitrogens is 6. The third kappa shape index (κ3) is 3.90. The van der Waals surface area contributed by atoms with Gasteiger partial charge in [-0.15, -0.1) is 5.10 Å². The number of rotatable bonds is 5. The van der Waals surface area contributed by atoms with Crippen LogP contribution in [-0.4, -0.2) is 29.9 Å². The first kappa shape index (κ1) is 14.7. The minimum absolute atomic E-state index is 0.0373. The van der Waals surface area contributed by atoms with Gasteiger partial charge in [0.05, 0.1) is 19.3 Å². The molecule has 0 radical (unpaired) electrons. The molecule has 0 aliphatic heterocycles. The minimum atomic E-state index is 0.0373. The van der Waals surface area contributed by atoms with E-state index in [2.05, 4.69) is 30.6 Å². The first-order chi connectivity index (χ1) is 10.7. The number of halogens is 2. The summed E-state index contributed by atoms with van der Waals surface area (Å²) in [5.41, 5.74) is 1.91. The van der Waals surface area contributed by atoms with Crippen molar-refractivity contribution in [3.05, 3.63) is 58.4 Å². The van der Waals surface area contributed by atoms with Crippen LogP contribution >= 0.6 is 23.2 Å². The topological polar surface area (TPSA) is 81.4 Å². The summed E-state index contributed by atoms with van der Waals surface area (Å²) in [7, 11) is 0. The standard InChI is InChI=1S/C13H11Cl2N7/c14-11-17-12(15)19-13(18-11)16-6-10-8-22(21-20-10)7-9-4-2-1-3-5-9/h1-5,8H,6-7H2,(H,16,17,18,19). The Labute approximate surface area is 136 Å². The lowest BCUT2D eigenvalue weighted by atomic mass is 10.2. The molecule has 0 aliphatic rings. The monoisotopic (exact) mass is 335 g/mol. The molecule has 9 heteroatoms. The van der Waals surface area contributed by atoms with E-state index in [9.17, 15) is 0 Å². The van der Waals surface area contributed by atoms with Crippen molar-refractivity contribution in [3.8, 4) is 0 Å². The highest BCUT2D eigenvalue weighted by atomic mass is 35.5. The fourth-order valence-electron chi connectivity index (χ4n) is 1.84. The van der Waals surface area contributed by atoms with E-state index in [0.717, 1.165) is 11.3 Å². The second-order valence-electron chi connectivity index (χ2n) is 4.44. The third-order valence-electron chi connectivity index (χ3n) is 2.78. The van der Waals surface area contributed by atoms with Gasteiger partial charge in [-0.1, -0.05) is 35.5 Å². The van der Waals surface area contributed by atoms with Gasteiger partial charge in [0.25, 0.3) is 0 Å². The molecule has 0 atom stereocenters. The summed E-state index contributed by atoms with van der Waals surface area (Å²) in [5.74, 6) is 0.294. The minimum Gasteiger partial charge on any atom is -0.348 e. The highest BCUT2D eigenvalue weighted by Gasteiger charge is 2.05. The first-order valence-corrected chi connectivity index (χ1v) is 7.18. The van der Waals surface area contributed by atoms with Gasteiger partial charge in [0.1, 0.15) is 5.69 Å². The van der Waals surface area contributed by atoms with Gasteiger partial charge >= 0.3 is 0 Å². The average Bonchev–Trinajstić information content (AvgIpc) is 2.93. The molecule has 1 aromatic carbocycles. The molecule has 3 aromatic rings. The van der Waals surface area contributed by atoms with Crippen LogP contribution in [0.1, 0.15) is 11.3 Å². The molecule has 0 bridgehead atoms. The lowest BCUT2D eigenvalue weighted by Gasteiger charge is -2.02. The fourth-order valence-corrected chi connectivity index (χ4v) is 2.21. The molecule has 2 heterocycles. The van der Waals surface area contributed by atoms with Crippen molar-refractivity contribution in [2.75, 3.05) is 5.32 Å². The molecule has 0 saturated carbocycles. The van der Waals surface area contributed by atoms with Crippen LogP contribution in [0.25, 0.3) is 0 Å². The van der Waals surface area contributed by atoms with Crippen molar-refractivity contribution in [1.82, 2.24) is 29.9 Å². The van der Waals surface area contributed by atoms with Gasteiger partial charge < -0.3 is 5.32 Å². The van der Waals surface area contributed by atoms with Gasteiger partial charge in [-0.2, -0.15) is 15.0 Å². The molecular weight excluding hydrogens is 325 g/mol. The summed E-state index contributed by atoms with van der Waals surface area (Å²) in [6.07, 6.45) is 1.85.